The van der Waals surface area contributed by atoms with E-state index in [9.17, 15) is 4.79 Å². The zero-order valence-corrected chi connectivity index (χ0v) is 23.1. The summed E-state index contributed by atoms with van der Waals surface area (Å²) >= 11 is 0. The van der Waals surface area contributed by atoms with Gasteiger partial charge in [-0.3, -0.25) is 4.79 Å². The molecule has 1 aliphatic heterocycles. The summed E-state index contributed by atoms with van der Waals surface area (Å²) in [6.07, 6.45) is 0.564. The molecule has 0 bridgehead atoms. The number of hydrazone groups is 1. The standard InChI is InChI=1S/C33H28N4O5/c1-39-26-14-8-22(9-15-26)29-20-30(23-10-16-27(40-2)17-11-23)37(36-29)31(38)21-41-28-18-12-25(13-19-28)33-35-34-32(42-33)24-6-4-3-5-7-24/h3-19,30H,20-21H2,1-2H3. The molecule has 9 heteroatoms. The highest BCUT2D eigenvalue weighted by Gasteiger charge is 2.33. The number of benzene rings is 4. The Morgan fingerprint density at radius 3 is 1.90 bits per heavy atom. The first kappa shape index (κ1) is 26.8. The van der Waals surface area contributed by atoms with Gasteiger partial charge in [-0.15, -0.1) is 10.2 Å². The largest absolute Gasteiger partial charge is 0.497 e. The van der Waals surface area contributed by atoms with E-state index in [-0.39, 0.29) is 18.6 Å². The van der Waals surface area contributed by atoms with Crippen LogP contribution in [0.5, 0.6) is 17.2 Å². The third-order valence-corrected chi connectivity index (χ3v) is 7.00. The van der Waals surface area contributed by atoms with E-state index in [4.69, 9.17) is 23.7 Å². The summed E-state index contributed by atoms with van der Waals surface area (Å²) < 4.78 is 22.3. The Morgan fingerprint density at radius 2 is 1.29 bits per heavy atom. The van der Waals surface area contributed by atoms with Crippen LogP contribution in [0, 0.1) is 0 Å². The minimum absolute atomic E-state index is 0.176. The van der Waals surface area contributed by atoms with Gasteiger partial charge >= 0.3 is 0 Å². The highest BCUT2D eigenvalue weighted by atomic mass is 16.5. The number of rotatable bonds is 9. The third kappa shape index (κ3) is 5.71. The fraction of sp³-hybridized carbons (Fsp3) is 0.152. The molecular formula is C33H28N4O5. The highest BCUT2D eigenvalue weighted by Crippen LogP contribution is 2.34. The predicted molar refractivity (Wildman–Crippen MR) is 157 cm³/mol. The Bertz CT molecular complexity index is 1680. The molecule has 1 unspecified atom stereocenters. The first-order valence-electron chi connectivity index (χ1n) is 13.4. The second-order valence-electron chi connectivity index (χ2n) is 9.60. The van der Waals surface area contributed by atoms with E-state index in [1.54, 1.807) is 26.4 Å². The number of hydrogen-bond donors (Lipinski definition) is 0. The van der Waals surface area contributed by atoms with Crippen molar-refractivity contribution in [3.63, 3.8) is 0 Å². The number of amides is 1. The van der Waals surface area contributed by atoms with Gasteiger partial charge in [-0.05, 0) is 83.9 Å². The molecule has 4 aromatic carbocycles. The number of carbonyl (C=O) groups excluding carboxylic acids is 1. The van der Waals surface area contributed by atoms with Gasteiger partial charge in [0.1, 0.15) is 17.2 Å². The lowest BCUT2D eigenvalue weighted by molar-refractivity contribution is -0.135. The summed E-state index contributed by atoms with van der Waals surface area (Å²) in [5.74, 6) is 2.63. The molecule has 0 aliphatic carbocycles. The van der Waals surface area contributed by atoms with Crippen molar-refractivity contribution in [2.75, 3.05) is 20.8 Å². The average molecular weight is 561 g/mol. The van der Waals surface area contributed by atoms with Gasteiger partial charge in [-0.25, -0.2) is 5.01 Å². The highest BCUT2D eigenvalue weighted by molar-refractivity contribution is 6.03. The Kier molecular flexibility index (Phi) is 7.63. The van der Waals surface area contributed by atoms with Crippen molar-refractivity contribution in [1.82, 2.24) is 15.2 Å². The number of aromatic nitrogens is 2. The van der Waals surface area contributed by atoms with Crippen molar-refractivity contribution >= 4 is 11.6 Å². The van der Waals surface area contributed by atoms with E-state index in [1.807, 2.05) is 91.0 Å². The maximum Gasteiger partial charge on any atom is 0.281 e. The molecule has 42 heavy (non-hydrogen) atoms. The summed E-state index contributed by atoms with van der Waals surface area (Å²) in [5, 5.41) is 14.5. The fourth-order valence-electron chi connectivity index (χ4n) is 4.73. The SMILES string of the molecule is COc1ccc(C2=NN(C(=O)COc3ccc(-c4nnc(-c5ccccc5)o4)cc3)C(c3ccc(OC)cc3)C2)cc1. The molecule has 0 radical (unpaired) electrons. The monoisotopic (exact) mass is 560 g/mol. The predicted octanol–water partition coefficient (Wildman–Crippen LogP) is 6.18. The molecule has 0 N–H and O–H groups in total. The van der Waals surface area contributed by atoms with Gasteiger partial charge in [0, 0.05) is 17.5 Å². The lowest BCUT2D eigenvalue weighted by Gasteiger charge is -2.22. The third-order valence-electron chi connectivity index (χ3n) is 7.00. The molecule has 6 rings (SSSR count). The molecule has 210 valence electrons. The molecule has 0 saturated carbocycles. The molecule has 0 spiro atoms. The van der Waals surface area contributed by atoms with Crippen molar-refractivity contribution in [2.24, 2.45) is 5.10 Å². The minimum atomic E-state index is -0.275. The van der Waals surface area contributed by atoms with E-state index in [0.717, 1.165) is 39.5 Å². The smallest absolute Gasteiger partial charge is 0.281 e. The van der Waals surface area contributed by atoms with Crippen LogP contribution in [0.15, 0.2) is 113 Å². The van der Waals surface area contributed by atoms with Crippen LogP contribution in [0.4, 0.5) is 0 Å². The Labute approximate surface area is 243 Å². The van der Waals surface area contributed by atoms with Gasteiger partial charge in [0.2, 0.25) is 11.8 Å². The molecule has 0 fully saturated rings. The lowest BCUT2D eigenvalue weighted by Crippen LogP contribution is -2.31. The fourth-order valence-corrected chi connectivity index (χ4v) is 4.73. The van der Waals surface area contributed by atoms with Crippen LogP contribution in [-0.2, 0) is 4.79 Å². The first-order valence-corrected chi connectivity index (χ1v) is 13.4. The summed E-state index contributed by atoms with van der Waals surface area (Å²) in [5.41, 5.74) is 4.29. The molecule has 2 heterocycles. The van der Waals surface area contributed by atoms with Crippen LogP contribution in [0.1, 0.15) is 23.6 Å². The molecule has 5 aromatic rings. The topological polar surface area (TPSA) is 99.3 Å². The Morgan fingerprint density at radius 1 is 0.738 bits per heavy atom. The Hall–Kier alpha value is -5.44. The van der Waals surface area contributed by atoms with E-state index < -0.39 is 0 Å². The normalized spacial score (nSPS) is 14.4. The van der Waals surface area contributed by atoms with Crippen LogP contribution in [0.2, 0.25) is 0 Å². The zero-order chi connectivity index (χ0) is 28.9. The van der Waals surface area contributed by atoms with Crippen LogP contribution in [-0.4, -0.2) is 47.7 Å². The number of nitrogens with zero attached hydrogens (tertiary/aromatic N) is 4. The zero-order valence-electron chi connectivity index (χ0n) is 23.1. The van der Waals surface area contributed by atoms with E-state index >= 15 is 0 Å². The van der Waals surface area contributed by atoms with Gasteiger partial charge in [0.25, 0.3) is 5.91 Å². The van der Waals surface area contributed by atoms with Crippen molar-refractivity contribution in [3.8, 4) is 40.2 Å². The maximum absolute atomic E-state index is 13.4. The molecule has 9 nitrogen and oxygen atoms in total. The van der Waals surface area contributed by atoms with Gasteiger partial charge in [0.15, 0.2) is 6.61 Å². The average Bonchev–Trinajstić information content (AvgIpc) is 3.73. The molecule has 1 atom stereocenters. The van der Waals surface area contributed by atoms with Crippen LogP contribution in [0.25, 0.3) is 22.9 Å². The maximum atomic E-state index is 13.4. The van der Waals surface area contributed by atoms with Crippen molar-refractivity contribution in [3.05, 3.63) is 114 Å². The van der Waals surface area contributed by atoms with Gasteiger partial charge in [-0.1, -0.05) is 30.3 Å². The number of carbonyl (C=O) groups is 1. The summed E-state index contributed by atoms with van der Waals surface area (Å²) in [6.45, 7) is -0.176. The second-order valence-corrected chi connectivity index (χ2v) is 9.60. The number of hydrogen-bond acceptors (Lipinski definition) is 8. The van der Waals surface area contributed by atoms with E-state index in [0.29, 0.717) is 24.0 Å². The molecule has 1 aromatic heterocycles. The minimum Gasteiger partial charge on any atom is -0.497 e. The van der Waals surface area contributed by atoms with Crippen molar-refractivity contribution in [1.29, 1.82) is 0 Å². The van der Waals surface area contributed by atoms with Gasteiger partial charge in [0.05, 0.1) is 26.0 Å². The van der Waals surface area contributed by atoms with Crippen LogP contribution < -0.4 is 14.2 Å². The van der Waals surface area contributed by atoms with E-state index in [1.165, 1.54) is 5.01 Å². The summed E-state index contributed by atoms with van der Waals surface area (Å²) in [7, 11) is 3.25. The summed E-state index contributed by atoms with van der Waals surface area (Å²) in [4.78, 5) is 13.4. The lowest BCUT2D eigenvalue weighted by atomic mass is 9.98. The van der Waals surface area contributed by atoms with Gasteiger partial charge < -0.3 is 18.6 Å². The summed E-state index contributed by atoms with van der Waals surface area (Å²) in [6, 6.07) is 31.8. The molecule has 1 amide bonds. The van der Waals surface area contributed by atoms with Crippen LogP contribution >= 0.6 is 0 Å². The van der Waals surface area contributed by atoms with E-state index in [2.05, 4.69) is 10.2 Å². The molecule has 0 saturated heterocycles. The Balaban J connectivity index is 1.16. The quantitative estimate of drug-likeness (QED) is 0.212. The number of methoxy groups -OCH3 is 2. The number of ether oxygens (including phenoxy) is 3. The molecular weight excluding hydrogens is 532 g/mol. The molecule has 1 aliphatic rings. The first-order chi connectivity index (χ1) is 20.6. The van der Waals surface area contributed by atoms with Crippen molar-refractivity contribution in [2.45, 2.75) is 12.5 Å². The second kappa shape index (κ2) is 12.0. The van der Waals surface area contributed by atoms with Crippen molar-refractivity contribution < 1.29 is 23.4 Å². The van der Waals surface area contributed by atoms with Gasteiger partial charge in [-0.2, -0.15) is 5.10 Å². The van der Waals surface area contributed by atoms with Crippen LogP contribution in [0.3, 0.4) is 0 Å².